The van der Waals surface area contributed by atoms with Gasteiger partial charge in [-0.1, -0.05) is 24.3 Å². The first-order valence-electron chi connectivity index (χ1n) is 11.5. The van der Waals surface area contributed by atoms with Gasteiger partial charge in [-0.2, -0.15) is 0 Å². The quantitative estimate of drug-likeness (QED) is 0.270. The van der Waals surface area contributed by atoms with Crippen LogP contribution in [-0.4, -0.2) is 53.3 Å². The van der Waals surface area contributed by atoms with E-state index in [1.165, 1.54) is 19.2 Å². The fraction of sp³-hybridized carbons (Fsp3) is 0.333. The van der Waals surface area contributed by atoms with Gasteiger partial charge in [0.2, 0.25) is 11.8 Å². The number of fused-ring (bicyclic) bond motifs is 5. The van der Waals surface area contributed by atoms with Crippen LogP contribution in [0.4, 0.5) is 0 Å². The van der Waals surface area contributed by atoms with Gasteiger partial charge in [-0.3, -0.25) is 19.3 Å². The van der Waals surface area contributed by atoms with Gasteiger partial charge in [0.05, 0.1) is 18.9 Å². The Morgan fingerprint density at radius 2 is 1.57 bits per heavy atom. The minimum Gasteiger partial charge on any atom is -0.508 e. The summed E-state index contributed by atoms with van der Waals surface area (Å²) in [4.78, 5) is 53.5. The van der Waals surface area contributed by atoms with Crippen LogP contribution < -0.4 is 4.74 Å². The number of phenolic OH excluding ortho intramolecular Hbond substituents is 1. The van der Waals surface area contributed by atoms with E-state index in [1.54, 1.807) is 36.4 Å². The van der Waals surface area contributed by atoms with Crippen LogP contribution in [0.1, 0.15) is 22.3 Å². The van der Waals surface area contributed by atoms with E-state index >= 15 is 0 Å². The summed E-state index contributed by atoms with van der Waals surface area (Å²) in [6, 6.07) is 11.4. The molecule has 0 radical (unpaired) electrons. The van der Waals surface area contributed by atoms with Crippen LogP contribution in [0.2, 0.25) is 0 Å². The molecule has 1 aliphatic heterocycles. The first-order chi connectivity index (χ1) is 16.9. The number of methoxy groups -OCH3 is 1. The normalized spacial score (nSPS) is 25.0. The largest absolute Gasteiger partial charge is 0.508 e. The average molecular weight is 475 g/mol. The smallest absolute Gasteiger partial charge is 0.330 e. The van der Waals surface area contributed by atoms with Crippen LogP contribution in [0.15, 0.2) is 60.7 Å². The lowest BCUT2D eigenvalue weighted by Crippen LogP contribution is -2.48. The number of hydrogen-bond acceptors (Lipinski definition) is 7. The molecule has 2 aromatic carbocycles. The number of hydrogen-bond donors (Lipinski definition) is 1. The van der Waals surface area contributed by atoms with Gasteiger partial charge in [-0.25, -0.2) is 4.79 Å². The van der Waals surface area contributed by atoms with E-state index in [1.807, 2.05) is 12.2 Å². The molecule has 5 unspecified atom stereocenters. The number of carbonyl (C=O) groups is 4. The number of amides is 2. The average Bonchev–Trinajstić information content (AvgIpc) is 3.56. The Balaban J connectivity index is 1.35. The van der Waals surface area contributed by atoms with E-state index in [9.17, 15) is 24.3 Å². The molecule has 35 heavy (non-hydrogen) atoms. The molecule has 1 heterocycles. The molecule has 2 fully saturated rings. The second-order valence-corrected chi connectivity index (χ2v) is 9.19. The van der Waals surface area contributed by atoms with Gasteiger partial charge in [-0.15, -0.1) is 0 Å². The SMILES string of the molecule is COc1ccc(C(=O)COC(=O)C(Cc2ccc(O)cc2)N2C(=O)C3C4C=CC(C4)C3C2=O)cc1. The predicted molar refractivity (Wildman–Crippen MR) is 123 cm³/mol. The third-order valence-corrected chi connectivity index (χ3v) is 7.21. The predicted octanol–water partition coefficient (Wildman–Crippen LogP) is 2.55. The van der Waals surface area contributed by atoms with Crippen LogP contribution in [-0.2, 0) is 25.5 Å². The second-order valence-electron chi connectivity index (χ2n) is 9.19. The van der Waals surface area contributed by atoms with E-state index in [0.717, 1.165) is 11.3 Å². The van der Waals surface area contributed by atoms with E-state index in [0.29, 0.717) is 16.9 Å². The van der Waals surface area contributed by atoms with Crippen molar-refractivity contribution in [3.8, 4) is 11.5 Å². The van der Waals surface area contributed by atoms with Crippen molar-refractivity contribution in [3.05, 3.63) is 71.8 Å². The molecule has 180 valence electrons. The van der Waals surface area contributed by atoms with E-state index in [4.69, 9.17) is 9.47 Å². The van der Waals surface area contributed by atoms with Crippen molar-refractivity contribution < 1.29 is 33.8 Å². The van der Waals surface area contributed by atoms with Crippen molar-refractivity contribution in [1.82, 2.24) is 4.90 Å². The number of aromatic hydroxyl groups is 1. The highest BCUT2D eigenvalue weighted by atomic mass is 16.5. The number of Topliss-reactive ketones (excluding diaryl/α,β-unsaturated/α-hetero) is 1. The molecule has 2 aliphatic carbocycles. The van der Waals surface area contributed by atoms with Crippen LogP contribution in [0.25, 0.3) is 0 Å². The Morgan fingerprint density at radius 1 is 0.971 bits per heavy atom. The lowest BCUT2D eigenvalue weighted by Gasteiger charge is -2.26. The molecule has 8 heteroatoms. The molecule has 3 aliphatic rings. The van der Waals surface area contributed by atoms with Gasteiger partial charge < -0.3 is 14.6 Å². The van der Waals surface area contributed by atoms with Gasteiger partial charge >= 0.3 is 5.97 Å². The maximum absolute atomic E-state index is 13.3. The standard InChI is InChI=1S/C27H25NO7/c1-34-20-10-6-16(7-11-20)22(30)14-35-27(33)21(12-15-2-8-19(29)9-3-15)28-25(31)23-17-4-5-18(13-17)24(23)26(28)32/h2-11,17-18,21,23-24,29H,12-14H2,1H3. The Bertz CT molecular complexity index is 1170. The minimum atomic E-state index is -1.20. The summed E-state index contributed by atoms with van der Waals surface area (Å²) in [5.74, 6) is -2.19. The molecule has 0 aromatic heterocycles. The summed E-state index contributed by atoms with van der Waals surface area (Å²) >= 11 is 0. The van der Waals surface area contributed by atoms with Gasteiger partial charge in [0, 0.05) is 12.0 Å². The number of ether oxygens (including phenoxy) is 2. The zero-order chi connectivity index (χ0) is 24.7. The molecule has 5 atom stereocenters. The number of phenols is 1. The first-order valence-corrected chi connectivity index (χ1v) is 11.5. The van der Waals surface area contributed by atoms with Crippen molar-refractivity contribution in [2.45, 2.75) is 18.9 Å². The summed E-state index contributed by atoms with van der Waals surface area (Å²) in [6.07, 6.45) is 4.78. The summed E-state index contributed by atoms with van der Waals surface area (Å²) < 4.78 is 10.4. The Labute approximate surface area is 202 Å². The van der Waals surface area contributed by atoms with Gasteiger partial charge in [0.25, 0.3) is 0 Å². The third kappa shape index (κ3) is 4.09. The summed E-state index contributed by atoms with van der Waals surface area (Å²) in [5.41, 5.74) is 0.990. The molecule has 1 N–H and O–H groups in total. The highest BCUT2D eigenvalue weighted by Gasteiger charge is 2.61. The monoisotopic (exact) mass is 475 g/mol. The summed E-state index contributed by atoms with van der Waals surface area (Å²) in [7, 11) is 1.52. The van der Waals surface area contributed by atoms with Crippen molar-refractivity contribution in [2.24, 2.45) is 23.7 Å². The first kappa shape index (κ1) is 22.8. The Hall–Kier alpha value is -3.94. The number of imide groups is 1. The highest BCUT2D eigenvalue weighted by Crippen LogP contribution is 2.53. The fourth-order valence-corrected chi connectivity index (χ4v) is 5.46. The van der Waals surface area contributed by atoms with Crippen LogP contribution in [0.3, 0.4) is 0 Å². The number of likely N-dealkylation sites (tertiary alicyclic amines) is 1. The van der Waals surface area contributed by atoms with E-state index in [2.05, 4.69) is 0 Å². The van der Waals surface area contributed by atoms with Gasteiger partial charge in [-0.05, 0) is 60.2 Å². The molecule has 2 amide bonds. The van der Waals surface area contributed by atoms with Crippen molar-refractivity contribution in [3.63, 3.8) is 0 Å². The van der Waals surface area contributed by atoms with E-state index < -0.39 is 36.2 Å². The van der Waals surface area contributed by atoms with Crippen molar-refractivity contribution in [2.75, 3.05) is 13.7 Å². The number of carbonyl (C=O) groups excluding carboxylic acids is 4. The maximum atomic E-state index is 13.3. The number of benzene rings is 2. The molecule has 1 saturated heterocycles. The Kier molecular flexibility index (Phi) is 5.88. The molecule has 5 rings (SSSR count). The van der Waals surface area contributed by atoms with E-state index in [-0.39, 0.29) is 35.8 Å². The number of ketones is 1. The second kappa shape index (κ2) is 9.02. The fourth-order valence-electron chi connectivity index (χ4n) is 5.46. The number of esters is 1. The molecule has 2 bridgehead atoms. The summed E-state index contributed by atoms with van der Waals surface area (Å²) in [5, 5.41) is 9.59. The molecule has 1 saturated carbocycles. The molecule has 8 nitrogen and oxygen atoms in total. The lowest BCUT2D eigenvalue weighted by atomic mass is 9.85. The number of allylic oxidation sites excluding steroid dienone is 2. The molecule has 0 spiro atoms. The van der Waals surface area contributed by atoms with Crippen molar-refractivity contribution >= 4 is 23.6 Å². The highest BCUT2D eigenvalue weighted by molar-refractivity contribution is 6.09. The Morgan fingerprint density at radius 3 is 2.14 bits per heavy atom. The molecular formula is C27H25NO7. The summed E-state index contributed by atoms with van der Waals surface area (Å²) in [6.45, 7) is -0.521. The van der Waals surface area contributed by atoms with Crippen LogP contribution >= 0.6 is 0 Å². The van der Waals surface area contributed by atoms with Crippen LogP contribution in [0, 0.1) is 23.7 Å². The van der Waals surface area contributed by atoms with Gasteiger partial charge in [0.1, 0.15) is 17.5 Å². The topological polar surface area (TPSA) is 110 Å². The van der Waals surface area contributed by atoms with Crippen molar-refractivity contribution in [1.29, 1.82) is 0 Å². The minimum absolute atomic E-state index is 0.00782. The lowest BCUT2D eigenvalue weighted by molar-refractivity contribution is -0.158. The number of nitrogens with zero attached hydrogens (tertiary/aromatic N) is 1. The zero-order valence-electron chi connectivity index (χ0n) is 19.1. The maximum Gasteiger partial charge on any atom is 0.330 e. The van der Waals surface area contributed by atoms with Gasteiger partial charge in [0.15, 0.2) is 12.4 Å². The third-order valence-electron chi connectivity index (χ3n) is 7.21. The van der Waals surface area contributed by atoms with Crippen LogP contribution in [0.5, 0.6) is 11.5 Å². The number of rotatable bonds is 8. The molecule has 2 aromatic rings. The zero-order valence-corrected chi connectivity index (χ0v) is 19.1. The molecular weight excluding hydrogens is 450 g/mol.